The number of allylic oxidation sites excluding steroid dienone is 3. The van der Waals surface area contributed by atoms with Gasteiger partial charge in [0.25, 0.3) is 0 Å². The maximum absolute atomic E-state index is 12.4. The van der Waals surface area contributed by atoms with Gasteiger partial charge < -0.3 is 10.5 Å². The van der Waals surface area contributed by atoms with Crippen molar-refractivity contribution in [2.45, 2.75) is 51.5 Å². The molecule has 0 unspecified atom stereocenters. The molecular weight excluding hydrogens is 292 g/mol. The van der Waals surface area contributed by atoms with E-state index in [1.807, 2.05) is 10.9 Å². The van der Waals surface area contributed by atoms with Crippen LogP contribution in [0.5, 0.6) is 0 Å². The molecule has 3 rings (SSSR count). The average Bonchev–Trinajstić information content (AvgIpc) is 3.02. The number of nitrogens with zero attached hydrogens (tertiary/aromatic N) is 3. The van der Waals surface area contributed by atoms with Crippen LogP contribution < -0.4 is 5.73 Å². The molecule has 0 radical (unpaired) electrons. The monoisotopic (exact) mass is 312 g/mol. The van der Waals surface area contributed by atoms with E-state index in [1.54, 1.807) is 6.20 Å². The normalized spacial score (nSPS) is 22.5. The fourth-order valence-electron chi connectivity index (χ4n) is 3.12. The first-order valence-corrected chi connectivity index (χ1v) is 7.94. The van der Waals surface area contributed by atoms with E-state index in [-0.39, 0.29) is 17.7 Å². The highest BCUT2D eigenvalue weighted by atomic mass is 16.5. The van der Waals surface area contributed by atoms with Gasteiger partial charge in [0.2, 0.25) is 5.88 Å². The molecule has 6 heteroatoms. The van der Waals surface area contributed by atoms with Gasteiger partial charge in [-0.15, -0.1) is 0 Å². The lowest BCUT2D eigenvalue weighted by molar-refractivity contribution is -0.116. The molecule has 6 nitrogen and oxygen atoms in total. The van der Waals surface area contributed by atoms with Gasteiger partial charge in [-0.3, -0.25) is 9.48 Å². The van der Waals surface area contributed by atoms with Crippen molar-refractivity contribution in [1.29, 1.82) is 5.26 Å². The molecule has 0 saturated carbocycles. The molecule has 0 spiro atoms. The van der Waals surface area contributed by atoms with Gasteiger partial charge in [-0.1, -0.05) is 6.92 Å². The third kappa shape index (κ3) is 2.52. The highest BCUT2D eigenvalue weighted by molar-refractivity contribution is 5.99. The van der Waals surface area contributed by atoms with Crippen molar-refractivity contribution in [3.8, 4) is 6.07 Å². The molecule has 23 heavy (non-hydrogen) atoms. The quantitative estimate of drug-likeness (QED) is 0.926. The summed E-state index contributed by atoms with van der Waals surface area (Å²) in [5.41, 5.74) is 7.61. The summed E-state index contributed by atoms with van der Waals surface area (Å²) >= 11 is 0. The lowest BCUT2D eigenvalue weighted by atomic mass is 9.78. The Morgan fingerprint density at radius 1 is 1.57 bits per heavy atom. The summed E-state index contributed by atoms with van der Waals surface area (Å²) in [4.78, 5) is 12.4. The molecule has 2 atom stereocenters. The van der Waals surface area contributed by atoms with Gasteiger partial charge in [-0.2, -0.15) is 10.4 Å². The molecular formula is C17H20N4O2. The van der Waals surface area contributed by atoms with Gasteiger partial charge in [0.15, 0.2) is 5.78 Å². The maximum atomic E-state index is 12.4. The number of hydrogen-bond donors (Lipinski definition) is 1. The minimum Gasteiger partial charge on any atom is -0.444 e. The summed E-state index contributed by atoms with van der Waals surface area (Å²) in [5, 5.41) is 13.9. The van der Waals surface area contributed by atoms with Crippen LogP contribution in [0.25, 0.3) is 0 Å². The van der Waals surface area contributed by atoms with E-state index in [1.165, 1.54) is 0 Å². The molecule has 1 aromatic heterocycles. The van der Waals surface area contributed by atoms with Gasteiger partial charge in [-0.05, 0) is 19.8 Å². The van der Waals surface area contributed by atoms with Crippen LogP contribution in [0.15, 0.2) is 35.2 Å². The fraction of sp³-hybridized carbons (Fsp3) is 0.471. The minimum absolute atomic E-state index is 0.0350. The van der Waals surface area contributed by atoms with Gasteiger partial charge in [0, 0.05) is 36.2 Å². The number of nitrogens with two attached hydrogens (primary N) is 1. The van der Waals surface area contributed by atoms with Crippen molar-refractivity contribution in [2.75, 3.05) is 0 Å². The molecule has 1 aromatic rings. The molecule has 0 amide bonds. The number of carbonyl (C=O) groups is 1. The smallest absolute Gasteiger partial charge is 0.205 e. The molecule has 0 bridgehead atoms. The summed E-state index contributed by atoms with van der Waals surface area (Å²) < 4.78 is 7.42. The summed E-state index contributed by atoms with van der Waals surface area (Å²) in [6.45, 7) is 4.16. The summed E-state index contributed by atoms with van der Waals surface area (Å²) in [5.74, 6) is 0.281. The lowest BCUT2D eigenvalue weighted by Crippen LogP contribution is -2.27. The fourth-order valence-corrected chi connectivity index (χ4v) is 3.12. The summed E-state index contributed by atoms with van der Waals surface area (Å²) in [6, 6.07) is 2.37. The Kier molecular flexibility index (Phi) is 3.95. The largest absolute Gasteiger partial charge is 0.444 e. The number of aromatic nitrogens is 2. The number of carbonyl (C=O) groups excluding carboxylic acids is 1. The van der Waals surface area contributed by atoms with Gasteiger partial charge >= 0.3 is 0 Å². The zero-order valence-corrected chi connectivity index (χ0v) is 13.4. The molecule has 2 aliphatic rings. The summed E-state index contributed by atoms with van der Waals surface area (Å²) in [7, 11) is 0. The lowest BCUT2D eigenvalue weighted by Gasteiger charge is -2.30. The van der Waals surface area contributed by atoms with E-state index in [2.05, 4.69) is 25.0 Å². The second-order valence-corrected chi connectivity index (χ2v) is 6.05. The number of Topliss-reactive ketones (excluding diaryl/α,β-unsaturated/α-hetero) is 1. The Morgan fingerprint density at radius 2 is 2.35 bits per heavy atom. The first-order valence-electron chi connectivity index (χ1n) is 7.94. The van der Waals surface area contributed by atoms with E-state index in [0.717, 1.165) is 18.4 Å². The van der Waals surface area contributed by atoms with Crippen LogP contribution in [-0.2, 0) is 9.53 Å². The van der Waals surface area contributed by atoms with Gasteiger partial charge in [0.1, 0.15) is 17.4 Å². The second-order valence-electron chi connectivity index (χ2n) is 6.05. The van der Waals surface area contributed by atoms with E-state index < -0.39 is 5.92 Å². The molecule has 1 aliphatic carbocycles. The minimum atomic E-state index is -0.464. The molecule has 2 heterocycles. The van der Waals surface area contributed by atoms with Crippen molar-refractivity contribution in [3.63, 3.8) is 0 Å². The van der Waals surface area contributed by atoms with Gasteiger partial charge in [0.05, 0.1) is 12.1 Å². The Labute approximate surface area is 135 Å². The van der Waals surface area contributed by atoms with E-state index in [4.69, 9.17) is 10.5 Å². The van der Waals surface area contributed by atoms with Crippen molar-refractivity contribution in [3.05, 3.63) is 40.7 Å². The molecule has 120 valence electrons. The highest BCUT2D eigenvalue weighted by Gasteiger charge is 2.38. The van der Waals surface area contributed by atoms with E-state index in [9.17, 15) is 10.1 Å². The molecule has 0 aromatic carbocycles. The Bertz CT molecular complexity index is 751. The van der Waals surface area contributed by atoms with Crippen LogP contribution >= 0.6 is 0 Å². The Hall–Kier alpha value is -2.55. The van der Waals surface area contributed by atoms with Crippen molar-refractivity contribution < 1.29 is 9.53 Å². The first-order chi connectivity index (χ1) is 11.1. The molecule has 2 N–H and O–H groups in total. The standard InChI is InChI=1S/C17H20N4O2/c1-3-10(2)21-9-11(8-20-21)15-12(7-18)17(19)23-14-6-4-5-13(22)16(14)15/h8-10,15H,3-6,19H2,1-2H3/t10-,15+/m1/s1. The first kappa shape index (κ1) is 15.3. The van der Waals surface area contributed by atoms with Crippen LogP contribution in [-0.4, -0.2) is 15.6 Å². The van der Waals surface area contributed by atoms with Crippen LogP contribution in [0.4, 0.5) is 0 Å². The van der Waals surface area contributed by atoms with E-state index >= 15 is 0 Å². The molecule has 1 aliphatic heterocycles. The second kappa shape index (κ2) is 5.92. The average molecular weight is 312 g/mol. The van der Waals surface area contributed by atoms with Crippen LogP contribution in [0, 0.1) is 11.3 Å². The van der Waals surface area contributed by atoms with Gasteiger partial charge in [-0.25, -0.2) is 0 Å². The molecule has 0 saturated heterocycles. The van der Waals surface area contributed by atoms with Crippen molar-refractivity contribution >= 4 is 5.78 Å². The number of rotatable bonds is 3. The number of ether oxygens (including phenoxy) is 1. The number of ketones is 1. The van der Waals surface area contributed by atoms with Crippen LogP contribution in [0.3, 0.4) is 0 Å². The number of nitriles is 1. The SMILES string of the molecule is CC[C@@H](C)n1cc([C@H]2C(C#N)=C(N)OC3=C2C(=O)CCC3)cn1. The number of hydrogen-bond acceptors (Lipinski definition) is 5. The summed E-state index contributed by atoms with van der Waals surface area (Å²) in [6.07, 6.45) is 6.49. The van der Waals surface area contributed by atoms with Crippen LogP contribution in [0.1, 0.15) is 57.1 Å². The highest BCUT2D eigenvalue weighted by Crippen LogP contribution is 2.43. The van der Waals surface area contributed by atoms with Crippen LogP contribution in [0.2, 0.25) is 0 Å². The van der Waals surface area contributed by atoms with Crippen molar-refractivity contribution in [2.24, 2.45) is 5.73 Å². The topological polar surface area (TPSA) is 93.9 Å². The third-order valence-electron chi connectivity index (χ3n) is 4.60. The van der Waals surface area contributed by atoms with Crippen molar-refractivity contribution in [1.82, 2.24) is 9.78 Å². The molecule has 0 fully saturated rings. The predicted octanol–water partition coefficient (Wildman–Crippen LogP) is 2.67. The Morgan fingerprint density at radius 3 is 3.04 bits per heavy atom. The maximum Gasteiger partial charge on any atom is 0.205 e. The zero-order valence-electron chi connectivity index (χ0n) is 13.4. The third-order valence-corrected chi connectivity index (χ3v) is 4.60. The predicted molar refractivity (Wildman–Crippen MR) is 83.8 cm³/mol. The zero-order chi connectivity index (χ0) is 16.6. The van der Waals surface area contributed by atoms with E-state index in [0.29, 0.717) is 29.7 Å². The Balaban J connectivity index is 2.10.